The Bertz CT molecular complexity index is 1170. The van der Waals surface area contributed by atoms with Crippen LogP contribution in [0.4, 0.5) is 21.9 Å². The fourth-order valence-electron chi connectivity index (χ4n) is 2.56. The first kappa shape index (κ1) is 23.6. The molecule has 0 atom stereocenters. The summed E-state index contributed by atoms with van der Waals surface area (Å²) < 4.78 is 5.57. The van der Waals surface area contributed by atoms with Crippen LogP contribution in [0.1, 0.15) is 15.9 Å². The molecule has 3 aromatic rings. The van der Waals surface area contributed by atoms with E-state index in [2.05, 4.69) is 15.3 Å². The molecule has 33 heavy (non-hydrogen) atoms. The minimum absolute atomic E-state index is 0.0301. The summed E-state index contributed by atoms with van der Waals surface area (Å²) in [5.41, 5.74) is -0.519. The number of nitrogens with zero attached hydrogens (tertiary/aromatic N) is 4. The first-order chi connectivity index (χ1) is 15.6. The van der Waals surface area contributed by atoms with Crippen LogP contribution in [-0.4, -0.2) is 32.3 Å². The molecule has 0 saturated heterocycles. The number of urea groups is 1. The largest absolute Gasteiger partial charge is 0.769 e. The first-order valence-corrected chi connectivity index (χ1v) is 9.36. The van der Waals surface area contributed by atoms with Crippen LogP contribution in [0.5, 0.6) is 11.8 Å². The number of halogens is 1. The molecule has 14 heteroatoms. The number of nitrogens with one attached hydrogen (secondary N) is 2. The Balaban J connectivity index is 1.72. The number of aromatic nitrogens is 2. The van der Waals surface area contributed by atoms with E-state index in [-0.39, 0.29) is 11.7 Å². The van der Waals surface area contributed by atoms with Gasteiger partial charge < -0.3 is 25.7 Å². The topological polar surface area (TPSA) is 186 Å². The maximum Gasteiger partial charge on any atom is 0.326 e. The molecular formula is C19H15ClN6O7-2. The van der Waals surface area contributed by atoms with Crippen LogP contribution in [0.15, 0.2) is 48.8 Å². The molecule has 0 aliphatic rings. The lowest BCUT2D eigenvalue weighted by atomic mass is 10.1. The van der Waals surface area contributed by atoms with Crippen LogP contribution >= 0.6 is 11.6 Å². The normalized spacial score (nSPS) is 10.4. The van der Waals surface area contributed by atoms with Gasteiger partial charge in [0.05, 0.1) is 23.0 Å². The first-order valence-electron chi connectivity index (χ1n) is 8.98. The zero-order valence-corrected chi connectivity index (χ0v) is 17.5. The molecule has 1 heterocycles. The van der Waals surface area contributed by atoms with Crippen LogP contribution in [0.2, 0.25) is 5.02 Å². The Morgan fingerprint density at radius 3 is 2.42 bits per heavy atom. The summed E-state index contributed by atoms with van der Waals surface area (Å²) in [7, 11) is 0. The predicted molar refractivity (Wildman–Crippen MR) is 116 cm³/mol. The van der Waals surface area contributed by atoms with Crippen molar-refractivity contribution in [1.29, 1.82) is 0 Å². The van der Waals surface area contributed by atoms with E-state index in [0.29, 0.717) is 16.3 Å². The Labute approximate surface area is 190 Å². The van der Waals surface area contributed by atoms with Gasteiger partial charge in [-0.1, -0.05) is 17.7 Å². The second kappa shape index (κ2) is 10.1. The average molecular weight is 475 g/mol. The second-order valence-electron chi connectivity index (χ2n) is 6.42. The summed E-state index contributed by atoms with van der Waals surface area (Å²) in [6.07, 6.45) is 2.71. The van der Waals surface area contributed by atoms with Crippen molar-refractivity contribution in [2.24, 2.45) is 0 Å². The molecule has 0 aliphatic carbocycles. The SMILES string of the molecule is Cc1ccc(NC(=O)NC(=O)c2ccc(N([O-])[O-])cc2N(O)O)cc1Oc1ncc(Cl)cn1. The van der Waals surface area contributed by atoms with E-state index in [1.807, 2.05) is 5.32 Å². The van der Waals surface area contributed by atoms with E-state index < -0.39 is 39.3 Å². The maximum atomic E-state index is 12.4. The molecular weight excluding hydrogens is 460 g/mol. The summed E-state index contributed by atoms with van der Waals surface area (Å²) >= 11 is 5.74. The lowest BCUT2D eigenvalue weighted by Crippen LogP contribution is -2.35. The van der Waals surface area contributed by atoms with Gasteiger partial charge in [0, 0.05) is 17.4 Å². The molecule has 3 amide bonds. The van der Waals surface area contributed by atoms with Crippen LogP contribution in [-0.2, 0) is 0 Å². The fraction of sp³-hybridized carbons (Fsp3) is 0.0526. The molecule has 172 valence electrons. The third-order valence-electron chi connectivity index (χ3n) is 4.12. The van der Waals surface area contributed by atoms with Gasteiger partial charge in [-0.05, 0) is 36.8 Å². The number of imide groups is 1. The maximum absolute atomic E-state index is 12.4. The minimum atomic E-state index is -1.04. The molecule has 4 N–H and O–H groups in total. The van der Waals surface area contributed by atoms with Crippen molar-refractivity contribution in [2.75, 3.05) is 15.8 Å². The lowest BCUT2D eigenvalue weighted by molar-refractivity contribution is 0.0285. The molecule has 2 aromatic carbocycles. The number of benzene rings is 2. The van der Waals surface area contributed by atoms with E-state index in [0.717, 1.165) is 18.2 Å². The van der Waals surface area contributed by atoms with Gasteiger partial charge in [0.1, 0.15) is 11.4 Å². The van der Waals surface area contributed by atoms with E-state index >= 15 is 0 Å². The van der Waals surface area contributed by atoms with Crippen LogP contribution < -0.4 is 25.8 Å². The zero-order chi connectivity index (χ0) is 24.1. The van der Waals surface area contributed by atoms with Gasteiger partial charge in [0.2, 0.25) is 0 Å². The van der Waals surface area contributed by atoms with Gasteiger partial charge >= 0.3 is 12.0 Å². The van der Waals surface area contributed by atoms with Gasteiger partial charge in [-0.3, -0.25) is 20.5 Å². The molecule has 1 aromatic heterocycles. The smallest absolute Gasteiger partial charge is 0.326 e. The monoisotopic (exact) mass is 474 g/mol. The highest BCUT2D eigenvalue weighted by molar-refractivity contribution is 6.30. The molecule has 3 rings (SSSR count). The molecule has 0 radical (unpaired) electrons. The number of hydrogen-bond donors (Lipinski definition) is 4. The highest BCUT2D eigenvalue weighted by Gasteiger charge is 2.18. The van der Waals surface area contributed by atoms with Gasteiger partial charge in [0.25, 0.3) is 5.91 Å². The highest BCUT2D eigenvalue weighted by atomic mass is 35.5. The summed E-state index contributed by atoms with van der Waals surface area (Å²) in [5.74, 6) is -0.709. The standard InChI is InChI=1S/C19H15ClN6O7/c1-10-2-3-12(6-16(10)33-19-21-8-11(20)9-22-19)23-18(28)24-17(27)14-5-4-13(25(29)30)7-15(14)26(31)32/h2-9,31-32H,1H3,(H2,23,24,27,28)/q-2. The van der Waals surface area contributed by atoms with Gasteiger partial charge in [-0.2, -0.15) is 0 Å². The van der Waals surface area contributed by atoms with Crippen molar-refractivity contribution < 1.29 is 24.7 Å². The molecule has 0 aliphatic heterocycles. The zero-order valence-electron chi connectivity index (χ0n) is 16.7. The minimum Gasteiger partial charge on any atom is -0.769 e. The molecule has 0 bridgehead atoms. The molecule has 0 unspecified atom stereocenters. The van der Waals surface area contributed by atoms with Crippen molar-refractivity contribution >= 4 is 40.6 Å². The fourth-order valence-corrected chi connectivity index (χ4v) is 2.66. The van der Waals surface area contributed by atoms with Crippen LogP contribution in [0.3, 0.4) is 0 Å². The van der Waals surface area contributed by atoms with Gasteiger partial charge in [0.15, 0.2) is 0 Å². The van der Waals surface area contributed by atoms with E-state index in [1.54, 1.807) is 19.1 Å². The summed E-state index contributed by atoms with van der Waals surface area (Å²) in [6.45, 7) is 1.75. The van der Waals surface area contributed by atoms with Crippen molar-refractivity contribution in [2.45, 2.75) is 6.92 Å². The number of carbonyl (C=O) groups excluding carboxylic acids is 2. The average Bonchev–Trinajstić information content (AvgIpc) is 2.77. The second-order valence-corrected chi connectivity index (χ2v) is 6.86. The summed E-state index contributed by atoms with van der Waals surface area (Å²) in [6, 6.07) is 6.45. The van der Waals surface area contributed by atoms with E-state index in [1.165, 1.54) is 18.5 Å². The Kier molecular flexibility index (Phi) is 7.22. The van der Waals surface area contributed by atoms with Crippen molar-refractivity contribution in [3.05, 3.63) is 75.4 Å². The number of aryl methyl sites for hydroxylation is 1. The van der Waals surface area contributed by atoms with Crippen molar-refractivity contribution in [3.63, 3.8) is 0 Å². The predicted octanol–water partition coefficient (Wildman–Crippen LogP) is 3.58. The Morgan fingerprint density at radius 1 is 1.09 bits per heavy atom. The summed E-state index contributed by atoms with van der Waals surface area (Å²) in [5, 5.41) is 43.8. The van der Waals surface area contributed by atoms with E-state index in [9.17, 15) is 30.4 Å². The number of anilines is 3. The lowest BCUT2D eigenvalue weighted by Gasteiger charge is -2.37. The van der Waals surface area contributed by atoms with Crippen molar-refractivity contribution in [3.8, 4) is 11.8 Å². The Hall–Kier alpha value is -4.01. The highest BCUT2D eigenvalue weighted by Crippen LogP contribution is 2.27. The van der Waals surface area contributed by atoms with Crippen LogP contribution in [0.25, 0.3) is 0 Å². The molecule has 0 spiro atoms. The summed E-state index contributed by atoms with van der Waals surface area (Å²) in [4.78, 5) is 32.5. The molecule has 0 fully saturated rings. The number of ether oxygens (including phenoxy) is 1. The number of hydrogen-bond acceptors (Lipinski definition) is 11. The Morgan fingerprint density at radius 2 is 1.79 bits per heavy atom. The van der Waals surface area contributed by atoms with Gasteiger partial charge in [-0.25, -0.2) is 14.8 Å². The molecule has 13 nitrogen and oxygen atoms in total. The number of amides is 3. The van der Waals surface area contributed by atoms with Gasteiger partial charge in [-0.15, -0.1) is 5.23 Å². The van der Waals surface area contributed by atoms with E-state index in [4.69, 9.17) is 16.3 Å². The number of carbonyl (C=O) groups is 2. The third kappa shape index (κ3) is 6.03. The van der Waals surface area contributed by atoms with Crippen LogP contribution in [0, 0.1) is 17.3 Å². The quantitative estimate of drug-likeness (QED) is 0.382. The third-order valence-corrected chi connectivity index (χ3v) is 4.32. The number of rotatable bonds is 6. The van der Waals surface area contributed by atoms with Crippen molar-refractivity contribution in [1.82, 2.24) is 15.3 Å². The molecule has 0 saturated carbocycles.